The molecule has 1 atom stereocenters. The molecule has 2 heterocycles. The number of anilines is 1. The largest absolute Gasteiger partial charge is 0.341 e. The van der Waals surface area contributed by atoms with Crippen molar-refractivity contribution < 1.29 is 0 Å². The van der Waals surface area contributed by atoms with E-state index in [1.54, 1.807) is 0 Å². The van der Waals surface area contributed by atoms with E-state index in [-0.39, 0.29) is 0 Å². The van der Waals surface area contributed by atoms with Crippen LogP contribution in [0.1, 0.15) is 30.5 Å². The molecule has 0 radical (unpaired) electrons. The Bertz CT molecular complexity index is 385. The molecule has 0 aromatic carbocycles. The SMILES string of the molecule is N[C@@H]1CCc2nc(N3CCCC3)ncc2C1. The van der Waals surface area contributed by atoms with E-state index in [1.165, 1.54) is 24.1 Å². The summed E-state index contributed by atoms with van der Waals surface area (Å²) in [5, 5.41) is 0. The molecule has 0 saturated carbocycles. The first kappa shape index (κ1) is 10.0. The van der Waals surface area contributed by atoms with E-state index in [4.69, 9.17) is 5.73 Å². The third-order valence-corrected chi connectivity index (χ3v) is 3.56. The molecule has 4 heteroatoms. The van der Waals surface area contributed by atoms with Gasteiger partial charge in [-0.3, -0.25) is 0 Å². The van der Waals surface area contributed by atoms with Crippen molar-refractivity contribution in [3.63, 3.8) is 0 Å². The average molecular weight is 218 g/mol. The van der Waals surface area contributed by atoms with Gasteiger partial charge in [0.25, 0.3) is 0 Å². The molecular formula is C12H18N4. The van der Waals surface area contributed by atoms with Gasteiger partial charge in [0.15, 0.2) is 0 Å². The second kappa shape index (κ2) is 4.01. The Morgan fingerprint density at radius 3 is 2.94 bits per heavy atom. The van der Waals surface area contributed by atoms with Gasteiger partial charge in [-0.05, 0) is 37.7 Å². The molecule has 0 amide bonds. The Labute approximate surface area is 95.9 Å². The average Bonchev–Trinajstić information content (AvgIpc) is 2.82. The Hall–Kier alpha value is -1.16. The third kappa shape index (κ3) is 1.78. The van der Waals surface area contributed by atoms with Gasteiger partial charge in [0.2, 0.25) is 5.95 Å². The molecule has 0 bridgehead atoms. The smallest absolute Gasteiger partial charge is 0.225 e. The first-order valence-corrected chi connectivity index (χ1v) is 6.18. The molecule has 1 aromatic heterocycles. The Balaban J connectivity index is 1.87. The summed E-state index contributed by atoms with van der Waals surface area (Å²) < 4.78 is 0. The third-order valence-electron chi connectivity index (χ3n) is 3.56. The van der Waals surface area contributed by atoms with Crippen molar-refractivity contribution in [1.82, 2.24) is 9.97 Å². The molecule has 1 aromatic rings. The van der Waals surface area contributed by atoms with Crippen molar-refractivity contribution in [3.8, 4) is 0 Å². The van der Waals surface area contributed by atoms with Crippen molar-refractivity contribution in [3.05, 3.63) is 17.5 Å². The summed E-state index contributed by atoms with van der Waals surface area (Å²) in [6.45, 7) is 2.22. The van der Waals surface area contributed by atoms with Crippen LogP contribution in [0.4, 0.5) is 5.95 Å². The molecule has 2 N–H and O–H groups in total. The van der Waals surface area contributed by atoms with Crippen LogP contribution in [0, 0.1) is 0 Å². The highest BCUT2D eigenvalue weighted by molar-refractivity contribution is 5.35. The standard InChI is InChI=1S/C12H18N4/c13-10-3-4-11-9(7-10)8-14-12(15-11)16-5-1-2-6-16/h8,10H,1-7,13H2/t10-/m1/s1. The van der Waals surface area contributed by atoms with Gasteiger partial charge in [0.05, 0.1) is 0 Å². The van der Waals surface area contributed by atoms with E-state index in [0.29, 0.717) is 6.04 Å². The lowest BCUT2D eigenvalue weighted by atomic mass is 9.94. The predicted molar refractivity (Wildman–Crippen MR) is 63.5 cm³/mol. The molecule has 2 aliphatic rings. The monoisotopic (exact) mass is 218 g/mol. The summed E-state index contributed by atoms with van der Waals surface area (Å²) in [5.74, 6) is 0.923. The Morgan fingerprint density at radius 2 is 2.12 bits per heavy atom. The summed E-state index contributed by atoms with van der Waals surface area (Å²) in [6.07, 6.45) is 7.53. The number of aryl methyl sites for hydroxylation is 1. The quantitative estimate of drug-likeness (QED) is 0.760. The van der Waals surface area contributed by atoms with E-state index in [2.05, 4.69) is 14.9 Å². The van der Waals surface area contributed by atoms with Gasteiger partial charge in [0, 0.05) is 31.0 Å². The number of hydrogen-bond donors (Lipinski definition) is 1. The summed E-state index contributed by atoms with van der Waals surface area (Å²) in [5.41, 5.74) is 8.42. The highest BCUT2D eigenvalue weighted by atomic mass is 15.3. The second-order valence-electron chi connectivity index (χ2n) is 4.84. The van der Waals surface area contributed by atoms with Gasteiger partial charge in [-0.25, -0.2) is 9.97 Å². The normalized spacial score (nSPS) is 24.6. The van der Waals surface area contributed by atoms with Gasteiger partial charge in [0.1, 0.15) is 0 Å². The van der Waals surface area contributed by atoms with Crippen LogP contribution < -0.4 is 10.6 Å². The second-order valence-corrected chi connectivity index (χ2v) is 4.84. The van der Waals surface area contributed by atoms with E-state index in [9.17, 15) is 0 Å². The lowest BCUT2D eigenvalue weighted by Gasteiger charge is -2.22. The van der Waals surface area contributed by atoms with Gasteiger partial charge in [-0.15, -0.1) is 0 Å². The fraction of sp³-hybridized carbons (Fsp3) is 0.667. The molecule has 1 aliphatic carbocycles. The summed E-state index contributed by atoms with van der Waals surface area (Å²) >= 11 is 0. The molecule has 0 unspecified atom stereocenters. The lowest BCUT2D eigenvalue weighted by Crippen LogP contribution is -2.29. The van der Waals surface area contributed by atoms with E-state index in [1.807, 2.05) is 6.20 Å². The van der Waals surface area contributed by atoms with Gasteiger partial charge in [-0.2, -0.15) is 0 Å². The fourth-order valence-corrected chi connectivity index (χ4v) is 2.59. The molecule has 3 rings (SSSR count). The zero-order chi connectivity index (χ0) is 11.0. The van der Waals surface area contributed by atoms with Crippen molar-refractivity contribution in [2.75, 3.05) is 18.0 Å². The van der Waals surface area contributed by atoms with Crippen LogP contribution >= 0.6 is 0 Å². The summed E-state index contributed by atoms with van der Waals surface area (Å²) in [4.78, 5) is 11.4. The fourth-order valence-electron chi connectivity index (χ4n) is 2.59. The van der Waals surface area contributed by atoms with Crippen LogP contribution in [0.2, 0.25) is 0 Å². The minimum atomic E-state index is 0.300. The summed E-state index contributed by atoms with van der Waals surface area (Å²) in [6, 6.07) is 0.300. The maximum Gasteiger partial charge on any atom is 0.225 e. The first-order valence-electron chi connectivity index (χ1n) is 6.18. The first-order chi connectivity index (χ1) is 7.83. The molecule has 1 saturated heterocycles. The number of nitrogens with zero attached hydrogens (tertiary/aromatic N) is 3. The molecule has 1 fully saturated rings. The number of fused-ring (bicyclic) bond motifs is 1. The minimum absolute atomic E-state index is 0.300. The van der Waals surface area contributed by atoms with Crippen LogP contribution in [-0.2, 0) is 12.8 Å². The van der Waals surface area contributed by atoms with Crippen LogP contribution in [0.15, 0.2) is 6.20 Å². The zero-order valence-electron chi connectivity index (χ0n) is 9.52. The number of nitrogens with two attached hydrogens (primary N) is 1. The van der Waals surface area contributed by atoms with Crippen LogP contribution in [0.25, 0.3) is 0 Å². The topological polar surface area (TPSA) is 55.0 Å². The van der Waals surface area contributed by atoms with Crippen molar-refractivity contribution in [1.29, 1.82) is 0 Å². The maximum atomic E-state index is 5.94. The van der Waals surface area contributed by atoms with Gasteiger partial charge in [-0.1, -0.05) is 0 Å². The highest BCUT2D eigenvalue weighted by Crippen LogP contribution is 2.22. The van der Waals surface area contributed by atoms with Crippen molar-refractivity contribution in [2.24, 2.45) is 5.73 Å². The van der Waals surface area contributed by atoms with E-state index < -0.39 is 0 Å². The number of aromatic nitrogens is 2. The predicted octanol–water partition coefficient (Wildman–Crippen LogP) is 0.893. The van der Waals surface area contributed by atoms with Crippen LogP contribution in [-0.4, -0.2) is 29.1 Å². The Kier molecular flexibility index (Phi) is 2.52. The number of hydrogen-bond acceptors (Lipinski definition) is 4. The van der Waals surface area contributed by atoms with E-state index in [0.717, 1.165) is 38.3 Å². The molecule has 4 nitrogen and oxygen atoms in total. The minimum Gasteiger partial charge on any atom is -0.341 e. The molecule has 0 spiro atoms. The van der Waals surface area contributed by atoms with E-state index >= 15 is 0 Å². The molecule has 1 aliphatic heterocycles. The van der Waals surface area contributed by atoms with Crippen LogP contribution in [0.5, 0.6) is 0 Å². The van der Waals surface area contributed by atoms with Crippen molar-refractivity contribution >= 4 is 5.95 Å². The number of rotatable bonds is 1. The summed E-state index contributed by atoms with van der Waals surface area (Å²) in [7, 11) is 0. The lowest BCUT2D eigenvalue weighted by molar-refractivity contribution is 0.563. The zero-order valence-corrected chi connectivity index (χ0v) is 9.52. The highest BCUT2D eigenvalue weighted by Gasteiger charge is 2.20. The van der Waals surface area contributed by atoms with Gasteiger partial charge < -0.3 is 10.6 Å². The molecular weight excluding hydrogens is 200 g/mol. The van der Waals surface area contributed by atoms with Gasteiger partial charge >= 0.3 is 0 Å². The molecule has 16 heavy (non-hydrogen) atoms. The Morgan fingerprint density at radius 1 is 1.31 bits per heavy atom. The van der Waals surface area contributed by atoms with Crippen molar-refractivity contribution in [2.45, 2.75) is 38.1 Å². The van der Waals surface area contributed by atoms with Crippen LogP contribution in [0.3, 0.4) is 0 Å². The maximum absolute atomic E-state index is 5.94. The molecule has 86 valence electrons.